The summed E-state index contributed by atoms with van der Waals surface area (Å²) < 4.78 is 41.5. The van der Waals surface area contributed by atoms with Crippen molar-refractivity contribution in [3.63, 3.8) is 0 Å². The van der Waals surface area contributed by atoms with Crippen molar-refractivity contribution in [1.29, 1.82) is 0 Å². The third-order valence-corrected chi connectivity index (χ3v) is 9.34. The molecule has 0 bridgehead atoms. The van der Waals surface area contributed by atoms with Crippen LogP contribution in [0.3, 0.4) is 0 Å². The number of piperazine rings is 1. The highest BCUT2D eigenvalue weighted by atomic mass is 19.1. The van der Waals surface area contributed by atoms with E-state index >= 15 is 0 Å². The fraction of sp³-hybridized carbons (Fsp3) is 0.410. The number of hydrogen-bond acceptors (Lipinski definition) is 11. The van der Waals surface area contributed by atoms with E-state index in [9.17, 15) is 14.0 Å². The number of benzene rings is 2. The number of anilines is 1. The van der Waals surface area contributed by atoms with Crippen LogP contribution in [0.25, 0.3) is 0 Å². The molecule has 0 amide bonds. The number of hydrogen-bond donors (Lipinski definition) is 0. The monoisotopic (exact) mass is 702 g/mol. The van der Waals surface area contributed by atoms with Gasteiger partial charge in [0.05, 0.1) is 51.6 Å². The lowest BCUT2D eigenvalue weighted by Crippen LogP contribution is -2.47. The van der Waals surface area contributed by atoms with Crippen molar-refractivity contribution in [2.24, 2.45) is 0 Å². The Morgan fingerprint density at radius 3 is 2.14 bits per heavy atom. The first-order valence-corrected chi connectivity index (χ1v) is 17.2. The molecule has 1 saturated heterocycles. The number of allylic oxidation sites excluding steroid dienone is 2. The summed E-state index contributed by atoms with van der Waals surface area (Å²) in [5.41, 5.74) is 2.65. The van der Waals surface area contributed by atoms with Crippen molar-refractivity contribution in [2.45, 2.75) is 32.6 Å². The van der Waals surface area contributed by atoms with E-state index in [1.54, 1.807) is 31.4 Å². The van der Waals surface area contributed by atoms with E-state index in [0.717, 1.165) is 38.5 Å². The maximum absolute atomic E-state index is 14.2. The van der Waals surface area contributed by atoms with Gasteiger partial charge in [-0.1, -0.05) is 12.1 Å². The van der Waals surface area contributed by atoms with Crippen LogP contribution in [0.5, 0.6) is 17.2 Å². The molecule has 2 aliphatic heterocycles. The smallest absolute Gasteiger partial charge is 0.336 e. The van der Waals surface area contributed by atoms with E-state index in [1.807, 2.05) is 49.2 Å². The lowest BCUT2D eigenvalue weighted by atomic mass is 9.79. The van der Waals surface area contributed by atoms with E-state index < -0.39 is 17.9 Å². The summed E-state index contributed by atoms with van der Waals surface area (Å²) in [6.45, 7) is 9.04. The van der Waals surface area contributed by atoms with Gasteiger partial charge in [0.25, 0.3) is 0 Å². The summed E-state index contributed by atoms with van der Waals surface area (Å²) >= 11 is 0. The molecule has 12 heteroatoms. The van der Waals surface area contributed by atoms with Gasteiger partial charge < -0.3 is 33.5 Å². The number of methoxy groups -OCH3 is 3. The second-order valence-corrected chi connectivity index (χ2v) is 12.4. The maximum Gasteiger partial charge on any atom is 0.336 e. The lowest BCUT2D eigenvalue weighted by Gasteiger charge is -2.38. The molecule has 272 valence electrons. The van der Waals surface area contributed by atoms with Gasteiger partial charge in [0.15, 0.2) is 11.5 Å². The predicted molar refractivity (Wildman–Crippen MR) is 191 cm³/mol. The molecule has 1 unspecified atom stereocenters. The van der Waals surface area contributed by atoms with Crippen LogP contribution in [0.15, 0.2) is 89.4 Å². The molecule has 1 atom stereocenters. The second kappa shape index (κ2) is 17.7. The van der Waals surface area contributed by atoms with Crippen LogP contribution in [-0.2, 0) is 19.1 Å². The number of carbonyl (C=O) groups is 2. The van der Waals surface area contributed by atoms with Crippen LogP contribution in [0.1, 0.15) is 38.2 Å². The highest BCUT2D eigenvalue weighted by Crippen LogP contribution is 2.44. The number of pyridine rings is 1. The summed E-state index contributed by atoms with van der Waals surface area (Å²) in [7, 11) is 4.41. The summed E-state index contributed by atoms with van der Waals surface area (Å²) in [4.78, 5) is 38.7. The Labute approximate surface area is 299 Å². The van der Waals surface area contributed by atoms with Crippen LogP contribution in [0.2, 0.25) is 0 Å². The number of aromatic nitrogens is 1. The quantitative estimate of drug-likeness (QED) is 0.147. The first-order valence-electron chi connectivity index (χ1n) is 17.2. The van der Waals surface area contributed by atoms with Gasteiger partial charge in [0.1, 0.15) is 17.4 Å². The van der Waals surface area contributed by atoms with Gasteiger partial charge in [0, 0.05) is 56.9 Å². The van der Waals surface area contributed by atoms with E-state index in [0.29, 0.717) is 71.3 Å². The zero-order valence-corrected chi connectivity index (χ0v) is 30.0. The molecular weight excluding hydrogens is 655 g/mol. The van der Waals surface area contributed by atoms with Gasteiger partial charge in [0.2, 0.25) is 0 Å². The van der Waals surface area contributed by atoms with Crippen molar-refractivity contribution in [1.82, 2.24) is 14.8 Å². The van der Waals surface area contributed by atoms with E-state index in [-0.39, 0.29) is 12.4 Å². The molecule has 51 heavy (non-hydrogen) atoms. The van der Waals surface area contributed by atoms with Crippen molar-refractivity contribution in [2.75, 3.05) is 78.7 Å². The molecule has 5 rings (SSSR count). The molecule has 0 N–H and O–H groups in total. The average molecular weight is 703 g/mol. The van der Waals surface area contributed by atoms with Crippen LogP contribution >= 0.6 is 0 Å². The number of nitrogens with zero attached hydrogens (tertiary/aromatic N) is 4. The minimum Gasteiger partial charge on any atom is -0.494 e. The molecule has 0 spiro atoms. The number of rotatable bonds is 15. The average Bonchev–Trinajstić information content (AvgIpc) is 3.16. The van der Waals surface area contributed by atoms with Gasteiger partial charge in [-0.3, -0.25) is 4.90 Å². The standard InChI is InChI=1S/C39H47FN4O7/c1-27-35(38(45)49-5)37(29-11-16-32(47-3)33(26-29)48-4)36(28(2)44(27)19-9-24-50-31-14-12-30(40)13-15-31)39(46)51-25-8-18-42-20-22-43(23-21-42)34-10-6-7-17-41-34/h6-7,10-17,26,37H,8-9,18-25H2,1-5H3. The molecule has 3 heterocycles. The Balaban J connectivity index is 1.33. The molecule has 0 aliphatic carbocycles. The fourth-order valence-corrected chi connectivity index (χ4v) is 6.66. The van der Waals surface area contributed by atoms with Crippen LogP contribution in [0, 0.1) is 5.82 Å². The topological polar surface area (TPSA) is 103 Å². The summed E-state index contributed by atoms with van der Waals surface area (Å²) in [6, 6.07) is 17.1. The van der Waals surface area contributed by atoms with E-state index in [2.05, 4.69) is 14.8 Å². The van der Waals surface area contributed by atoms with Gasteiger partial charge >= 0.3 is 11.9 Å². The van der Waals surface area contributed by atoms with Crippen LogP contribution < -0.4 is 19.1 Å². The van der Waals surface area contributed by atoms with Gasteiger partial charge in [-0.25, -0.2) is 19.0 Å². The second-order valence-electron chi connectivity index (χ2n) is 12.4. The Hall–Kier alpha value is -5.10. The zero-order chi connectivity index (χ0) is 36.3. The van der Waals surface area contributed by atoms with Crippen molar-refractivity contribution in [3.05, 3.63) is 101 Å². The molecule has 0 radical (unpaired) electrons. The molecule has 3 aromatic rings. The lowest BCUT2D eigenvalue weighted by molar-refractivity contribution is -0.139. The predicted octanol–water partition coefficient (Wildman–Crippen LogP) is 5.58. The minimum atomic E-state index is -0.781. The summed E-state index contributed by atoms with van der Waals surface area (Å²) in [6.07, 6.45) is 3.02. The van der Waals surface area contributed by atoms with Crippen molar-refractivity contribution in [3.8, 4) is 17.2 Å². The number of ether oxygens (including phenoxy) is 5. The van der Waals surface area contributed by atoms with E-state index in [1.165, 1.54) is 26.4 Å². The molecule has 1 aromatic heterocycles. The van der Waals surface area contributed by atoms with Gasteiger partial charge in [-0.15, -0.1) is 0 Å². The normalized spacial score (nSPS) is 16.6. The number of esters is 2. The Bertz CT molecular complexity index is 1710. The van der Waals surface area contributed by atoms with Crippen molar-refractivity contribution >= 4 is 17.8 Å². The summed E-state index contributed by atoms with van der Waals surface area (Å²) in [5, 5.41) is 0. The van der Waals surface area contributed by atoms with Crippen LogP contribution in [-0.4, -0.2) is 101 Å². The third kappa shape index (κ3) is 8.99. The Kier molecular flexibility index (Phi) is 12.9. The first-order chi connectivity index (χ1) is 24.7. The number of halogens is 1. The minimum absolute atomic E-state index is 0.219. The third-order valence-electron chi connectivity index (χ3n) is 9.34. The highest BCUT2D eigenvalue weighted by molar-refractivity contribution is 6.00. The largest absolute Gasteiger partial charge is 0.494 e. The van der Waals surface area contributed by atoms with Crippen LogP contribution in [0.4, 0.5) is 10.2 Å². The van der Waals surface area contributed by atoms with Crippen molar-refractivity contribution < 1.29 is 37.7 Å². The maximum atomic E-state index is 14.2. The summed E-state index contributed by atoms with van der Waals surface area (Å²) in [5.74, 6) is 0.341. The molecule has 2 aliphatic rings. The molecule has 11 nitrogen and oxygen atoms in total. The molecular formula is C39H47FN4O7. The van der Waals surface area contributed by atoms with E-state index in [4.69, 9.17) is 23.7 Å². The highest BCUT2D eigenvalue weighted by Gasteiger charge is 2.40. The Morgan fingerprint density at radius 2 is 1.49 bits per heavy atom. The Morgan fingerprint density at radius 1 is 0.804 bits per heavy atom. The molecule has 1 fully saturated rings. The molecule has 2 aromatic carbocycles. The fourth-order valence-electron chi connectivity index (χ4n) is 6.66. The number of carbonyl (C=O) groups excluding carboxylic acids is 2. The molecule has 0 saturated carbocycles. The van der Waals surface area contributed by atoms with Gasteiger partial charge in [-0.05, 0) is 80.8 Å². The SMILES string of the molecule is COC(=O)C1=C(C)N(CCCOc2ccc(F)cc2)C(C)=C(C(=O)OCCCN2CCN(c3ccccn3)CC2)C1c1ccc(OC)c(OC)c1. The first kappa shape index (κ1) is 37.2. The van der Waals surface area contributed by atoms with Gasteiger partial charge in [-0.2, -0.15) is 0 Å². The zero-order valence-electron chi connectivity index (χ0n) is 30.0.